The normalized spacial score (nSPS) is 11.0. The van der Waals surface area contributed by atoms with Crippen LogP contribution in [0.15, 0.2) is 42.5 Å². The summed E-state index contributed by atoms with van der Waals surface area (Å²) < 4.78 is 43.4. The monoisotopic (exact) mass is 366 g/mol. The number of amides is 1. The number of benzene rings is 2. The topological polar surface area (TPSA) is 84.5 Å². The summed E-state index contributed by atoms with van der Waals surface area (Å²) >= 11 is 0. The zero-order chi connectivity index (χ0) is 18.4. The molecule has 0 saturated heterocycles. The molecule has 0 aromatic heterocycles. The minimum Gasteiger partial charge on any atom is -0.484 e. The van der Waals surface area contributed by atoms with Crippen molar-refractivity contribution in [3.05, 3.63) is 53.8 Å². The summed E-state index contributed by atoms with van der Waals surface area (Å²) in [6, 6.07) is 11.0. The van der Waals surface area contributed by atoms with E-state index in [0.717, 1.165) is 24.3 Å². The molecule has 0 radical (unpaired) electrons. The number of rotatable bonds is 7. The first-order valence-electron chi connectivity index (χ1n) is 7.56. The number of hydrogen-bond acceptors (Lipinski definition) is 4. The average molecular weight is 366 g/mol. The summed E-state index contributed by atoms with van der Waals surface area (Å²) in [6.07, 6.45) is 1.82. The first-order valence-corrected chi connectivity index (χ1v) is 9.45. The fourth-order valence-corrected chi connectivity index (χ4v) is 2.60. The van der Waals surface area contributed by atoms with Crippen molar-refractivity contribution < 1.29 is 22.3 Å². The second-order valence-electron chi connectivity index (χ2n) is 5.40. The third-order valence-electron chi connectivity index (χ3n) is 3.25. The van der Waals surface area contributed by atoms with E-state index in [1.807, 2.05) is 23.8 Å². The summed E-state index contributed by atoms with van der Waals surface area (Å²) in [7, 11) is -3.62. The van der Waals surface area contributed by atoms with Crippen LogP contribution in [0.2, 0.25) is 0 Å². The lowest BCUT2D eigenvalue weighted by Gasteiger charge is -2.10. The molecule has 1 amide bonds. The standard InChI is InChI=1S/C17H19FN2O4S/c1-3-12-4-7-14(8-5-12)24-11-17(21)19-13-6-9-15(18)16(10-13)20-25(2,22)23/h4-10,20H,3,11H2,1-2H3,(H,19,21). The third kappa shape index (κ3) is 6.07. The fourth-order valence-electron chi connectivity index (χ4n) is 2.05. The fraction of sp³-hybridized carbons (Fsp3) is 0.235. The molecule has 0 fully saturated rings. The van der Waals surface area contributed by atoms with Crippen molar-refractivity contribution in [1.29, 1.82) is 0 Å². The van der Waals surface area contributed by atoms with Gasteiger partial charge in [-0.2, -0.15) is 0 Å². The molecule has 6 nitrogen and oxygen atoms in total. The number of sulfonamides is 1. The van der Waals surface area contributed by atoms with Crippen LogP contribution in [0.4, 0.5) is 15.8 Å². The van der Waals surface area contributed by atoms with Gasteiger partial charge in [-0.3, -0.25) is 9.52 Å². The summed E-state index contributed by atoms with van der Waals surface area (Å²) in [6.45, 7) is 1.82. The van der Waals surface area contributed by atoms with Gasteiger partial charge in [-0.05, 0) is 42.3 Å². The van der Waals surface area contributed by atoms with Gasteiger partial charge < -0.3 is 10.1 Å². The maximum atomic E-state index is 13.6. The minimum atomic E-state index is -3.62. The number of nitrogens with one attached hydrogen (secondary N) is 2. The Morgan fingerprint density at radius 3 is 2.44 bits per heavy atom. The van der Waals surface area contributed by atoms with Gasteiger partial charge in [0.1, 0.15) is 11.6 Å². The van der Waals surface area contributed by atoms with Crippen molar-refractivity contribution in [2.24, 2.45) is 0 Å². The summed E-state index contributed by atoms with van der Waals surface area (Å²) in [5.74, 6) is -0.627. The van der Waals surface area contributed by atoms with Crippen LogP contribution in [0.3, 0.4) is 0 Å². The van der Waals surface area contributed by atoms with Gasteiger partial charge in [-0.15, -0.1) is 0 Å². The largest absolute Gasteiger partial charge is 0.484 e. The van der Waals surface area contributed by atoms with E-state index >= 15 is 0 Å². The Labute approximate surface area is 146 Å². The molecule has 8 heteroatoms. The van der Waals surface area contributed by atoms with Crippen molar-refractivity contribution in [2.75, 3.05) is 22.9 Å². The van der Waals surface area contributed by atoms with Gasteiger partial charge in [0.15, 0.2) is 6.61 Å². The van der Waals surface area contributed by atoms with E-state index < -0.39 is 21.7 Å². The van der Waals surface area contributed by atoms with E-state index in [-0.39, 0.29) is 18.0 Å². The number of aryl methyl sites for hydroxylation is 1. The Hall–Kier alpha value is -2.61. The predicted molar refractivity (Wildman–Crippen MR) is 94.8 cm³/mol. The molecule has 0 bridgehead atoms. The minimum absolute atomic E-state index is 0.225. The molecule has 0 spiro atoms. The molecule has 0 atom stereocenters. The number of anilines is 2. The van der Waals surface area contributed by atoms with E-state index in [2.05, 4.69) is 5.32 Å². The SMILES string of the molecule is CCc1ccc(OCC(=O)Nc2ccc(F)c(NS(C)(=O)=O)c2)cc1. The summed E-state index contributed by atoms with van der Waals surface area (Å²) in [4.78, 5) is 11.9. The van der Waals surface area contributed by atoms with Crippen molar-refractivity contribution in [2.45, 2.75) is 13.3 Å². The smallest absolute Gasteiger partial charge is 0.262 e. The maximum absolute atomic E-state index is 13.6. The van der Waals surface area contributed by atoms with Gasteiger partial charge in [0.2, 0.25) is 10.0 Å². The van der Waals surface area contributed by atoms with E-state index in [4.69, 9.17) is 4.74 Å². The zero-order valence-electron chi connectivity index (χ0n) is 13.9. The molecular weight excluding hydrogens is 347 g/mol. The van der Waals surface area contributed by atoms with Crippen LogP contribution in [0.25, 0.3) is 0 Å². The van der Waals surface area contributed by atoms with E-state index in [1.165, 1.54) is 12.1 Å². The molecule has 0 saturated carbocycles. The first kappa shape index (κ1) is 18.7. The average Bonchev–Trinajstić information content (AvgIpc) is 2.55. The van der Waals surface area contributed by atoms with Crippen LogP contribution in [0.1, 0.15) is 12.5 Å². The summed E-state index contributed by atoms with van der Waals surface area (Å²) in [5, 5.41) is 2.52. The number of carbonyl (C=O) groups excluding carboxylic acids is 1. The molecule has 0 unspecified atom stereocenters. The van der Waals surface area contributed by atoms with Crippen LogP contribution in [-0.4, -0.2) is 27.2 Å². The number of carbonyl (C=O) groups is 1. The van der Waals surface area contributed by atoms with Crippen LogP contribution in [0.5, 0.6) is 5.75 Å². The molecule has 0 aliphatic rings. The maximum Gasteiger partial charge on any atom is 0.262 e. The van der Waals surface area contributed by atoms with E-state index in [1.54, 1.807) is 12.1 Å². The molecular formula is C17H19FN2O4S. The number of ether oxygens (including phenoxy) is 1. The molecule has 25 heavy (non-hydrogen) atoms. The molecule has 0 aliphatic carbocycles. The van der Waals surface area contributed by atoms with Crippen LogP contribution >= 0.6 is 0 Å². The molecule has 134 valence electrons. The van der Waals surface area contributed by atoms with E-state index in [0.29, 0.717) is 5.75 Å². The van der Waals surface area contributed by atoms with Gasteiger partial charge in [0.05, 0.1) is 11.9 Å². The van der Waals surface area contributed by atoms with Gasteiger partial charge in [0.25, 0.3) is 5.91 Å². The lowest BCUT2D eigenvalue weighted by molar-refractivity contribution is -0.118. The van der Waals surface area contributed by atoms with Gasteiger partial charge in [-0.1, -0.05) is 19.1 Å². The Morgan fingerprint density at radius 2 is 1.84 bits per heavy atom. The lowest BCUT2D eigenvalue weighted by atomic mass is 10.2. The molecule has 2 aromatic rings. The summed E-state index contributed by atoms with van der Waals surface area (Å²) in [5.41, 5.74) is 1.17. The highest BCUT2D eigenvalue weighted by molar-refractivity contribution is 7.92. The number of halogens is 1. The Bertz CT molecular complexity index is 851. The molecule has 0 heterocycles. The zero-order valence-corrected chi connectivity index (χ0v) is 14.7. The van der Waals surface area contributed by atoms with Gasteiger partial charge in [-0.25, -0.2) is 12.8 Å². The third-order valence-corrected chi connectivity index (χ3v) is 3.84. The highest BCUT2D eigenvalue weighted by Crippen LogP contribution is 2.20. The first-order chi connectivity index (χ1) is 11.8. The molecule has 2 aromatic carbocycles. The van der Waals surface area contributed by atoms with Crippen LogP contribution in [0, 0.1) is 5.82 Å². The van der Waals surface area contributed by atoms with Gasteiger partial charge in [0, 0.05) is 5.69 Å². The van der Waals surface area contributed by atoms with Gasteiger partial charge >= 0.3 is 0 Å². The van der Waals surface area contributed by atoms with Crippen molar-refractivity contribution in [3.8, 4) is 5.75 Å². The molecule has 2 rings (SSSR count). The predicted octanol–water partition coefficient (Wildman–Crippen LogP) is 2.78. The van der Waals surface area contributed by atoms with Crippen LogP contribution in [-0.2, 0) is 21.2 Å². The molecule has 2 N–H and O–H groups in total. The van der Waals surface area contributed by atoms with Crippen LogP contribution < -0.4 is 14.8 Å². The number of hydrogen-bond donors (Lipinski definition) is 2. The van der Waals surface area contributed by atoms with Crippen molar-refractivity contribution in [1.82, 2.24) is 0 Å². The highest BCUT2D eigenvalue weighted by Gasteiger charge is 2.10. The highest BCUT2D eigenvalue weighted by atomic mass is 32.2. The lowest BCUT2D eigenvalue weighted by Crippen LogP contribution is -2.20. The van der Waals surface area contributed by atoms with E-state index in [9.17, 15) is 17.6 Å². The molecule has 0 aliphatic heterocycles. The van der Waals surface area contributed by atoms with Crippen molar-refractivity contribution >= 4 is 27.3 Å². The van der Waals surface area contributed by atoms with Crippen molar-refractivity contribution in [3.63, 3.8) is 0 Å². The Morgan fingerprint density at radius 1 is 1.16 bits per heavy atom. The quantitative estimate of drug-likeness (QED) is 0.789. The second-order valence-corrected chi connectivity index (χ2v) is 7.15. The Kier molecular flexibility index (Phi) is 5.97. The Balaban J connectivity index is 1.96. The second kappa shape index (κ2) is 7.98.